The van der Waals surface area contributed by atoms with Crippen LogP contribution in [0.15, 0.2) is 48.5 Å². The number of benzene rings is 2. The lowest BCUT2D eigenvalue weighted by Crippen LogP contribution is -2.54. The molecule has 2 amide bonds. The minimum absolute atomic E-state index is 0.0398. The highest BCUT2D eigenvalue weighted by atomic mass is 35.5. The largest absolute Gasteiger partial charge is 0.336 e. The zero-order chi connectivity index (χ0) is 22.0. The van der Waals surface area contributed by atoms with Gasteiger partial charge < -0.3 is 10.2 Å². The van der Waals surface area contributed by atoms with E-state index in [2.05, 4.69) is 10.2 Å². The van der Waals surface area contributed by atoms with Crippen LogP contribution < -0.4 is 5.32 Å². The van der Waals surface area contributed by atoms with Gasteiger partial charge in [0.2, 0.25) is 11.8 Å². The summed E-state index contributed by atoms with van der Waals surface area (Å²) in [5.74, 6) is -0.463. The average molecular weight is 442 g/mol. The molecule has 2 unspecified atom stereocenters. The number of carbonyl (C=O) groups excluding carboxylic acids is 2. The Bertz CT molecular complexity index is 994. The Hall–Kier alpha value is -2.70. The summed E-state index contributed by atoms with van der Waals surface area (Å²) in [4.78, 5) is 28.6. The zero-order valence-corrected chi connectivity index (χ0v) is 18.1. The SMILES string of the molecule is CC(=O)Nc1cc(Cl)ccc1C=CC(=O)N1CC2CCC(C1)N2Cc1ccc(F)cc1. The van der Waals surface area contributed by atoms with Crippen molar-refractivity contribution in [3.63, 3.8) is 0 Å². The van der Waals surface area contributed by atoms with Crippen molar-refractivity contribution in [1.82, 2.24) is 9.80 Å². The van der Waals surface area contributed by atoms with Gasteiger partial charge in [-0.25, -0.2) is 4.39 Å². The number of carbonyl (C=O) groups is 2. The Morgan fingerprint density at radius 3 is 2.45 bits per heavy atom. The van der Waals surface area contributed by atoms with Crippen molar-refractivity contribution in [3.8, 4) is 0 Å². The Labute approximate surface area is 186 Å². The fourth-order valence-corrected chi connectivity index (χ4v) is 4.64. The topological polar surface area (TPSA) is 52.7 Å². The smallest absolute Gasteiger partial charge is 0.246 e. The van der Waals surface area contributed by atoms with Crippen LogP contribution in [0.5, 0.6) is 0 Å². The molecule has 4 rings (SSSR count). The van der Waals surface area contributed by atoms with E-state index in [0.717, 1.165) is 30.5 Å². The van der Waals surface area contributed by atoms with Crippen LogP contribution >= 0.6 is 11.6 Å². The van der Waals surface area contributed by atoms with Crippen LogP contribution in [0.25, 0.3) is 6.08 Å². The molecule has 2 atom stereocenters. The van der Waals surface area contributed by atoms with Gasteiger partial charge in [-0.3, -0.25) is 14.5 Å². The van der Waals surface area contributed by atoms with Crippen molar-refractivity contribution in [1.29, 1.82) is 0 Å². The number of rotatable bonds is 5. The number of fused-ring (bicyclic) bond motifs is 2. The molecular formula is C24H25ClFN3O2. The number of likely N-dealkylation sites (tertiary alicyclic amines) is 1. The molecule has 31 heavy (non-hydrogen) atoms. The second-order valence-corrected chi connectivity index (χ2v) is 8.61. The highest BCUT2D eigenvalue weighted by Crippen LogP contribution is 2.32. The van der Waals surface area contributed by atoms with E-state index in [1.807, 2.05) is 17.0 Å². The number of nitrogens with one attached hydrogen (secondary N) is 1. The quantitative estimate of drug-likeness (QED) is 0.703. The summed E-state index contributed by atoms with van der Waals surface area (Å²) in [6.07, 6.45) is 5.40. The maximum Gasteiger partial charge on any atom is 0.246 e. The van der Waals surface area contributed by atoms with E-state index in [1.54, 1.807) is 30.4 Å². The van der Waals surface area contributed by atoms with Crippen molar-refractivity contribution in [2.24, 2.45) is 0 Å². The molecule has 0 spiro atoms. The summed E-state index contributed by atoms with van der Waals surface area (Å²) in [6.45, 7) is 3.57. The number of piperazine rings is 1. The molecule has 2 aliphatic heterocycles. The van der Waals surface area contributed by atoms with Crippen molar-refractivity contribution < 1.29 is 14.0 Å². The maximum absolute atomic E-state index is 13.2. The highest BCUT2D eigenvalue weighted by Gasteiger charge is 2.40. The number of nitrogens with zero attached hydrogens (tertiary/aromatic N) is 2. The van der Waals surface area contributed by atoms with Crippen LogP contribution in [0.1, 0.15) is 30.9 Å². The molecule has 7 heteroatoms. The Balaban J connectivity index is 1.41. The summed E-state index contributed by atoms with van der Waals surface area (Å²) in [7, 11) is 0. The lowest BCUT2D eigenvalue weighted by Gasteiger charge is -2.40. The lowest BCUT2D eigenvalue weighted by molar-refractivity contribution is -0.129. The molecule has 2 fully saturated rings. The predicted molar refractivity (Wildman–Crippen MR) is 120 cm³/mol. The molecule has 2 aromatic rings. The van der Waals surface area contributed by atoms with E-state index < -0.39 is 0 Å². The minimum atomic E-state index is -0.226. The molecule has 2 bridgehead atoms. The van der Waals surface area contributed by atoms with Crippen LogP contribution in [-0.4, -0.2) is 46.8 Å². The van der Waals surface area contributed by atoms with Gasteiger partial charge in [-0.05, 0) is 54.3 Å². The molecule has 0 radical (unpaired) electrons. The van der Waals surface area contributed by atoms with E-state index in [4.69, 9.17) is 11.6 Å². The molecule has 0 saturated carbocycles. The Morgan fingerprint density at radius 1 is 1.13 bits per heavy atom. The van der Waals surface area contributed by atoms with Crippen LogP contribution in [0, 0.1) is 5.82 Å². The molecule has 0 aromatic heterocycles. The van der Waals surface area contributed by atoms with E-state index in [1.165, 1.54) is 19.1 Å². The Morgan fingerprint density at radius 2 is 1.81 bits per heavy atom. The first-order valence-corrected chi connectivity index (χ1v) is 10.8. The van der Waals surface area contributed by atoms with Gasteiger partial charge in [-0.2, -0.15) is 0 Å². The standard InChI is InChI=1S/C24H25ClFN3O2/c1-16(30)27-23-12-19(25)6-4-18(23)5-11-24(31)28-14-21-9-10-22(15-28)29(21)13-17-2-7-20(26)8-3-17/h2-8,11-12,21-22H,9-10,13-15H2,1H3,(H,27,30). The van der Waals surface area contributed by atoms with E-state index in [0.29, 0.717) is 35.9 Å². The first-order valence-electron chi connectivity index (χ1n) is 10.4. The predicted octanol–water partition coefficient (Wildman–Crippen LogP) is 4.33. The maximum atomic E-state index is 13.2. The summed E-state index contributed by atoms with van der Waals surface area (Å²) in [5.41, 5.74) is 2.39. The van der Waals surface area contributed by atoms with Crippen molar-refractivity contribution in [3.05, 3.63) is 70.5 Å². The number of hydrogen-bond acceptors (Lipinski definition) is 3. The van der Waals surface area contributed by atoms with Gasteiger partial charge in [-0.15, -0.1) is 0 Å². The number of anilines is 1. The van der Waals surface area contributed by atoms with Gasteiger partial charge >= 0.3 is 0 Å². The van der Waals surface area contributed by atoms with Crippen LogP contribution in [0.4, 0.5) is 10.1 Å². The number of amides is 2. The third-order valence-corrected chi connectivity index (χ3v) is 6.19. The number of hydrogen-bond donors (Lipinski definition) is 1. The molecule has 5 nitrogen and oxygen atoms in total. The average Bonchev–Trinajstić information content (AvgIpc) is 2.95. The number of halogens is 2. The summed E-state index contributed by atoms with van der Waals surface area (Å²) >= 11 is 6.03. The molecule has 2 aliphatic rings. The van der Waals surface area contributed by atoms with Crippen molar-refractivity contribution in [2.45, 2.75) is 38.4 Å². The molecule has 0 aliphatic carbocycles. The van der Waals surface area contributed by atoms with E-state index >= 15 is 0 Å². The molecule has 1 N–H and O–H groups in total. The Kier molecular flexibility index (Phi) is 6.39. The second-order valence-electron chi connectivity index (χ2n) is 8.17. The fraction of sp³-hybridized carbons (Fsp3) is 0.333. The van der Waals surface area contributed by atoms with Crippen LogP contribution in [0.2, 0.25) is 5.02 Å². The van der Waals surface area contributed by atoms with Gasteiger partial charge in [0.25, 0.3) is 0 Å². The summed E-state index contributed by atoms with van der Waals surface area (Å²) < 4.78 is 13.2. The molecule has 2 saturated heterocycles. The summed E-state index contributed by atoms with van der Waals surface area (Å²) in [6, 6.07) is 12.4. The normalized spacial score (nSPS) is 20.9. The van der Waals surface area contributed by atoms with Gasteiger partial charge in [0, 0.05) is 55.4 Å². The summed E-state index contributed by atoms with van der Waals surface area (Å²) in [5, 5.41) is 3.26. The van der Waals surface area contributed by atoms with Crippen molar-refractivity contribution >= 4 is 35.2 Å². The van der Waals surface area contributed by atoms with Gasteiger partial charge in [-0.1, -0.05) is 29.8 Å². The fourth-order valence-electron chi connectivity index (χ4n) is 4.47. The molecule has 2 heterocycles. The lowest BCUT2D eigenvalue weighted by atomic mass is 10.1. The van der Waals surface area contributed by atoms with Crippen molar-refractivity contribution in [2.75, 3.05) is 18.4 Å². The molecule has 162 valence electrons. The monoisotopic (exact) mass is 441 g/mol. The van der Waals surface area contributed by atoms with E-state index in [9.17, 15) is 14.0 Å². The van der Waals surface area contributed by atoms with Gasteiger partial charge in [0.05, 0.1) is 0 Å². The molecular weight excluding hydrogens is 417 g/mol. The third kappa shape index (κ3) is 5.14. The highest BCUT2D eigenvalue weighted by molar-refractivity contribution is 6.31. The zero-order valence-electron chi connectivity index (χ0n) is 17.4. The van der Waals surface area contributed by atoms with Crippen LogP contribution in [0.3, 0.4) is 0 Å². The first kappa shape index (κ1) is 21.5. The minimum Gasteiger partial charge on any atom is -0.336 e. The van der Waals surface area contributed by atoms with E-state index in [-0.39, 0.29) is 17.6 Å². The van der Waals surface area contributed by atoms with Gasteiger partial charge in [0.15, 0.2) is 0 Å². The molecule has 2 aromatic carbocycles. The van der Waals surface area contributed by atoms with Gasteiger partial charge in [0.1, 0.15) is 5.82 Å². The first-order chi connectivity index (χ1) is 14.9. The second kappa shape index (κ2) is 9.20. The third-order valence-electron chi connectivity index (χ3n) is 5.96. The van der Waals surface area contributed by atoms with Crippen LogP contribution in [-0.2, 0) is 16.1 Å².